The molecule has 2 heterocycles. The van der Waals surface area contributed by atoms with E-state index in [0.717, 1.165) is 50.7 Å². The molecule has 1 aromatic heterocycles. The molecule has 0 bridgehead atoms. The zero-order valence-corrected chi connectivity index (χ0v) is 12.6. The molecule has 0 amide bonds. The highest BCUT2D eigenvalue weighted by atomic mass is 16.5. The van der Waals surface area contributed by atoms with Crippen LogP contribution in [0.3, 0.4) is 0 Å². The van der Waals surface area contributed by atoms with Crippen molar-refractivity contribution < 1.29 is 4.74 Å². The van der Waals surface area contributed by atoms with Crippen LogP contribution in [0.5, 0.6) is 0 Å². The first-order chi connectivity index (χ1) is 9.81. The van der Waals surface area contributed by atoms with Crippen LogP contribution < -0.4 is 5.32 Å². The van der Waals surface area contributed by atoms with Crippen LogP contribution in [0.1, 0.15) is 31.9 Å². The molecule has 1 saturated heterocycles. The van der Waals surface area contributed by atoms with Gasteiger partial charge in [0.2, 0.25) is 0 Å². The predicted octanol–water partition coefficient (Wildman–Crippen LogP) is 2.16. The smallest absolute Gasteiger partial charge is 0.144 e. The Bertz CT molecular complexity index is 380. The van der Waals surface area contributed by atoms with Crippen LogP contribution in [0, 0.1) is 5.92 Å². The summed E-state index contributed by atoms with van der Waals surface area (Å²) in [5.74, 6) is 1.53. The van der Waals surface area contributed by atoms with E-state index in [1.54, 1.807) is 7.11 Å². The van der Waals surface area contributed by atoms with Crippen molar-refractivity contribution in [3.05, 3.63) is 18.1 Å². The SMILES string of the molecule is CCCNc1cnc(CN2CCCC(COC)C2)cn1. The van der Waals surface area contributed by atoms with E-state index in [2.05, 4.69) is 27.1 Å². The molecule has 1 aliphatic rings. The zero-order chi connectivity index (χ0) is 14.2. The van der Waals surface area contributed by atoms with Crippen LogP contribution in [-0.2, 0) is 11.3 Å². The highest BCUT2D eigenvalue weighted by molar-refractivity contribution is 5.30. The van der Waals surface area contributed by atoms with Gasteiger partial charge in [-0.05, 0) is 31.7 Å². The summed E-state index contributed by atoms with van der Waals surface area (Å²) in [7, 11) is 1.78. The lowest BCUT2D eigenvalue weighted by atomic mass is 9.99. The van der Waals surface area contributed by atoms with Gasteiger partial charge < -0.3 is 10.1 Å². The van der Waals surface area contributed by atoms with Crippen LogP contribution in [0.2, 0.25) is 0 Å². The van der Waals surface area contributed by atoms with E-state index >= 15 is 0 Å². The van der Waals surface area contributed by atoms with Crippen molar-refractivity contribution in [3.63, 3.8) is 0 Å². The Hall–Kier alpha value is -1.20. The molecule has 5 nitrogen and oxygen atoms in total. The summed E-state index contributed by atoms with van der Waals surface area (Å²) >= 11 is 0. The van der Waals surface area contributed by atoms with Crippen LogP contribution >= 0.6 is 0 Å². The van der Waals surface area contributed by atoms with E-state index < -0.39 is 0 Å². The first-order valence-electron chi connectivity index (χ1n) is 7.58. The lowest BCUT2D eigenvalue weighted by molar-refractivity contribution is 0.0867. The third-order valence-corrected chi connectivity index (χ3v) is 3.65. The highest BCUT2D eigenvalue weighted by Gasteiger charge is 2.20. The zero-order valence-electron chi connectivity index (χ0n) is 12.6. The highest BCUT2D eigenvalue weighted by Crippen LogP contribution is 2.18. The van der Waals surface area contributed by atoms with Gasteiger partial charge >= 0.3 is 0 Å². The number of hydrogen-bond donors (Lipinski definition) is 1. The Morgan fingerprint density at radius 2 is 2.30 bits per heavy atom. The summed E-state index contributed by atoms with van der Waals surface area (Å²) in [6.07, 6.45) is 7.34. The molecule has 2 rings (SSSR count). The number of rotatable bonds is 7. The summed E-state index contributed by atoms with van der Waals surface area (Å²) < 4.78 is 5.27. The van der Waals surface area contributed by atoms with E-state index in [-0.39, 0.29) is 0 Å². The predicted molar refractivity (Wildman–Crippen MR) is 80.7 cm³/mol. The largest absolute Gasteiger partial charge is 0.384 e. The fourth-order valence-electron chi connectivity index (χ4n) is 2.68. The second kappa shape index (κ2) is 8.17. The van der Waals surface area contributed by atoms with Gasteiger partial charge in [0, 0.05) is 26.7 Å². The van der Waals surface area contributed by atoms with Gasteiger partial charge in [-0.2, -0.15) is 0 Å². The Morgan fingerprint density at radius 3 is 3.00 bits per heavy atom. The number of methoxy groups -OCH3 is 1. The fourth-order valence-corrected chi connectivity index (χ4v) is 2.68. The number of likely N-dealkylation sites (tertiary alicyclic amines) is 1. The lowest BCUT2D eigenvalue weighted by Gasteiger charge is -2.31. The maximum absolute atomic E-state index is 5.27. The second-order valence-corrected chi connectivity index (χ2v) is 5.52. The molecular weight excluding hydrogens is 252 g/mol. The van der Waals surface area contributed by atoms with Gasteiger partial charge in [-0.3, -0.25) is 9.88 Å². The van der Waals surface area contributed by atoms with Crippen LogP contribution in [0.25, 0.3) is 0 Å². The topological polar surface area (TPSA) is 50.3 Å². The standard InChI is InChI=1S/C15H26N4O/c1-3-6-16-15-9-17-14(8-18-15)11-19-7-4-5-13(10-19)12-20-2/h8-9,13H,3-7,10-12H2,1-2H3,(H,16,18). The van der Waals surface area contributed by atoms with Crippen LogP contribution in [-0.4, -0.2) is 48.2 Å². The number of nitrogens with one attached hydrogen (secondary N) is 1. The molecule has 0 radical (unpaired) electrons. The van der Waals surface area contributed by atoms with E-state index in [0.29, 0.717) is 5.92 Å². The number of anilines is 1. The van der Waals surface area contributed by atoms with E-state index in [9.17, 15) is 0 Å². The van der Waals surface area contributed by atoms with Crippen LogP contribution in [0.4, 0.5) is 5.82 Å². The van der Waals surface area contributed by atoms with Crippen molar-refractivity contribution in [1.29, 1.82) is 0 Å². The quantitative estimate of drug-likeness (QED) is 0.828. The van der Waals surface area contributed by atoms with E-state index in [4.69, 9.17) is 4.74 Å². The fraction of sp³-hybridized carbons (Fsp3) is 0.733. The van der Waals surface area contributed by atoms with Crippen molar-refractivity contribution in [3.8, 4) is 0 Å². The first-order valence-corrected chi connectivity index (χ1v) is 7.58. The number of hydrogen-bond acceptors (Lipinski definition) is 5. The van der Waals surface area contributed by atoms with Gasteiger partial charge in [0.25, 0.3) is 0 Å². The van der Waals surface area contributed by atoms with Gasteiger partial charge in [0.15, 0.2) is 0 Å². The first kappa shape index (κ1) is 15.2. The Morgan fingerprint density at radius 1 is 1.40 bits per heavy atom. The number of nitrogens with zero attached hydrogens (tertiary/aromatic N) is 3. The molecule has 0 aliphatic carbocycles. The lowest BCUT2D eigenvalue weighted by Crippen LogP contribution is -2.36. The van der Waals surface area contributed by atoms with Gasteiger partial charge in [-0.15, -0.1) is 0 Å². The van der Waals surface area contributed by atoms with Crippen molar-refractivity contribution in [2.45, 2.75) is 32.7 Å². The van der Waals surface area contributed by atoms with Crippen LogP contribution in [0.15, 0.2) is 12.4 Å². The van der Waals surface area contributed by atoms with Gasteiger partial charge in [-0.25, -0.2) is 4.98 Å². The summed E-state index contributed by atoms with van der Waals surface area (Å²) in [4.78, 5) is 11.4. The summed E-state index contributed by atoms with van der Waals surface area (Å²) in [6.45, 7) is 7.09. The average Bonchev–Trinajstić information content (AvgIpc) is 2.47. The Labute approximate surface area is 121 Å². The minimum Gasteiger partial charge on any atom is -0.384 e. The molecule has 0 spiro atoms. The number of ether oxygens (including phenoxy) is 1. The molecule has 1 fully saturated rings. The van der Waals surface area contributed by atoms with Gasteiger partial charge in [0.1, 0.15) is 5.82 Å². The van der Waals surface area contributed by atoms with Gasteiger partial charge in [0.05, 0.1) is 24.7 Å². The van der Waals surface area contributed by atoms with E-state index in [1.807, 2.05) is 12.4 Å². The van der Waals surface area contributed by atoms with E-state index in [1.165, 1.54) is 12.8 Å². The van der Waals surface area contributed by atoms with Crippen molar-refractivity contribution in [1.82, 2.24) is 14.9 Å². The molecule has 1 unspecified atom stereocenters. The van der Waals surface area contributed by atoms with Crippen molar-refractivity contribution in [2.24, 2.45) is 5.92 Å². The minimum atomic E-state index is 0.659. The molecular formula is C15H26N4O. The molecule has 20 heavy (non-hydrogen) atoms. The molecule has 0 aromatic carbocycles. The summed E-state index contributed by atoms with van der Waals surface area (Å²) in [5.41, 5.74) is 1.05. The number of piperidine rings is 1. The molecule has 1 N–H and O–H groups in total. The van der Waals surface area contributed by atoms with Crippen molar-refractivity contribution in [2.75, 3.05) is 38.7 Å². The minimum absolute atomic E-state index is 0.659. The molecule has 112 valence electrons. The average molecular weight is 278 g/mol. The summed E-state index contributed by atoms with van der Waals surface area (Å²) in [5, 5.41) is 3.25. The Kier molecular flexibility index (Phi) is 6.21. The molecule has 1 aromatic rings. The van der Waals surface area contributed by atoms with Crippen molar-refractivity contribution >= 4 is 5.82 Å². The maximum Gasteiger partial charge on any atom is 0.144 e. The molecule has 5 heteroatoms. The number of aromatic nitrogens is 2. The van der Waals surface area contributed by atoms with Gasteiger partial charge in [-0.1, -0.05) is 6.92 Å². The Balaban J connectivity index is 1.83. The monoisotopic (exact) mass is 278 g/mol. The summed E-state index contributed by atoms with van der Waals surface area (Å²) in [6, 6.07) is 0. The molecule has 1 aliphatic heterocycles. The second-order valence-electron chi connectivity index (χ2n) is 5.52. The normalized spacial score (nSPS) is 20.0. The maximum atomic E-state index is 5.27. The molecule has 1 atom stereocenters. The molecule has 0 saturated carbocycles. The third kappa shape index (κ3) is 4.72. The third-order valence-electron chi connectivity index (χ3n) is 3.65.